The Morgan fingerprint density at radius 2 is 2.16 bits per heavy atom. The number of hydrogen-bond acceptors (Lipinski definition) is 3. The number of rotatable bonds is 7. The lowest BCUT2D eigenvalue weighted by molar-refractivity contribution is -0.137. The van der Waals surface area contributed by atoms with E-state index < -0.39 is 22.7 Å². The van der Waals surface area contributed by atoms with Gasteiger partial charge in [-0.25, -0.2) is 0 Å². The van der Waals surface area contributed by atoms with Crippen LogP contribution in [0.4, 0.5) is 5.69 Å². The summed E-state index contributed by atoms with van der Waals surface area (Å²) in [6, 6.07) is 5.32. The van der Waals surface area contributed by atoms with Gasteiger partial charge in [-0.15, -0.1) is 0 Å². The number of unbranched alkanes of at least 4 members (excludes halogenated alkanes) is 1. The molecule has 134 valence electrons. The quantitative estimate of drug-likeness (QED) is 0.648. The van der Waals surface area contributed by atoms with Gasteiger partial charge in [0.25, 0.3) is 0 Å². The van der Waals surface area contributed by atoms with Crippen LogP contribution in [0.5, 0.6) is 0 Å². The third-order valence-corrected chi connectivity index (χ3v) is 5.60. The molecule has 0 bridgehead atoms. The van der Waals surface area contributed by atoms with Crippen molar-refractivity contribution in [1.82, 2.24) is 5.32 Å². The van der Waals surface area contributed by atoms with E-state index in [1.165, 1.54) is 0 Å². The number of carbonyl (C=O) groups is 3. The summed E-state index contributed by atoms with van der Waals surface area (Å²) in [6.07, 6.45) is 2.82. The number of anilines is 1. The van der Waals surface area contributed by atoms with Crippen LogP contribution in [0.2, 0.25) is 5.02 Å². The van der Waals surface area contributed by atoms with E-state index in [1.807, 2.05) is 6.07 Å². The van der Waals surface area contributed by atoms with Crippen LogP contribution in [0.15, 0.2) is 18.2 Å². The topological polar surface area (TPSA) is 95.5 Å². The van der Waals surface area contributed by atoms with Gasteiger partial charge in [-0.3, -0.25) is 14.4 Å². The fraction of sp³-hybridized carbons (Fsp3) is 0.500. The van der Waals surface area contributed by atoms with Gasteiger partial charge >= 0.3 is 5.97 Å². The Kier molecular flexibility index (Phi) is 4.49. The molecule has 1 aromatic rings. The molecule has 3 rings (SSSR count). The molecule has 1 saturated carbocycles. The van der Waals surface area contributed by atoms with Gasteiger partial charge in [0.1, 0.15) is 5.41 Å². The number of halogens is 1. The Morgan fingerprint density at radius 1 is 1.40 bits per heavy atom. The van der Waals surface area contributed by atoms with Crippen LogP contribution in [0, 0.1) is 5.41 Å². The summed E-state index contributed by atoms with van der Waals surface area (Å²) < 4.78 is 0. The largest absolute Gasteiger partial charge is 0.481 e. The number of hydrogen-bond donors (Lipinski definition) is 3. The number of fused-ring (bicyclic) bond motifs is 3. The second kappa shape index (κ2) is 6.33. The highest BCUT2D eigenvalue weighted by Gasteiger charge is 2.78. The van der Waals surface area contributed by atoms with Crippen molar-refractivity contribution < 1.29 is 19.5 Å². The summed E-state index contributed by atoms with van der Waals surface area (Å²) in [4.78, 5) is 36.3. The molecule has 6 nitrogen and oxygen atoms in total. The summed E-state index contributed by atoms with van der Waals surface area (Å²) in [5, 5.41) is 14.8. The highest BCUT2D eigenvalue weighted by molar-refractivity contribution is 6.31. The summed E-state index contributed by atoms with van der Waals surface area (Å²) >= 11 is 6.16. The average Bonchev–Trinajstić information content (AvgIpc) is 3.26. The Balaban J connectivity index is 1.95. The van der Waals surface area contributed by atoms with E-state index in [9.17, 15) is 14.4 Å². The molecular weight excluding hydrogens is 344 g/mol. The van der Waals surface area contributed by atoms with Crippen molar-refractivity contribution in [3.05, 3.63) is 28.8 Å². The fourth-order valence-electron chi connectivity index (χ4n) is 4.03. The molecule has 2 atom stereocenters. The maximum absolute atomic E-state index is 12.8. The molecule has 3 N–H and O–H groups in total. The molecule has 0 radical (unpaired) electrons. The number of aliphatic carboxylic acids is 1. The molecule has 25 heavy (non-hydrogen) atoms. The lowest BCUT2D eigenvalue weighted by atomic mass is 9.77. The second-order valence-corrected chi connectivity index (χ2v) is 7.25. The average molecular weight is 365 g/mol. The molecule has 1 aliphatic heterocycles. The third kappa shape index (κ3) is 2.68. The first kappa shape index (κ1) is 17.7. The predicted octanol–water partition coefficient (Wildman–Crippen LogP) is 2.70. The van der Waals surface area contributed by atoms with Crippen molar-refractivity contribution in [2.45, 2.75) is 44.4 Å². The number of carboxylic acids is 1. The molecule has 1 aromatic carbocycles. The van der Waals surface area contributed by atoms with Crippen LogP contribution < -0.4 is 10.6 Å². The van der Waals surface area contributed by atoms with Gasteiger partial charge in [0.15, 0.2) is 0 Å². The smallest absolute Gasteiger partial charge is 0.305 e. The first-order valence-electron chi connectivity index (χ1n) is 8.49. The van der Waals surface area contributed by atoms with E-state index in [0.29, 0.717) is 17.1 Å². The highest BCUT2D eigenvalue weighted by atomic mass is 35.5. The standard InChI is InChI=1S/C18H21ClN2O4/c1-2-3-7-17-10-18(17,15(24)20-8-6-14(22)23)16(25)21-13-5-4-11(19)9-12(13)17/h4-5,9H,2-3,6-8,10H2,1H3,(H,20,24)(H,21,25)(H,22,23). The van der Waals surface area contributed by atoms with Crippen molar-refractivity contribution in [3.63, 3.8) is 0 Å². The Bertz CT molecular complexity index is 751. The van der Waals surface area contributed by atoms with Gasteiger partial charge in [-0.1, -0.05) is 31.4 Å². The van der Waals surface area contributed by atoms with E-state index in [4.69, 9.17) is 16.7 Å². The van der Waals surface area contributed by atoms with Crippen molar-refractivity contribution in [1.29, 1.82) is 0 Å². The zero-order chi connectivity index (χ0) is 18.2. The molecular formula is C18H21ClN2O4. The molecule has 0 aromatic heterocycles. The maximum atomic E-state index is 12.8. The number of carboxylic acid groups (broad SMARTS) is 1. The lowest BCUT2D eigenvalue weighted by Gasteiger charge is -2.32. The van der Waals surface area contributed by atoms with Gasteiger partial charge in [-0.05, 0) is 36.6 Å². The van der Waals surface area contributed by atoms with Crippen LogP contribution in [0.3, 0.4) is 0 Å². The van der Waals surface area contributed by atoms with Crippen molar-refractivity contribution in [3.8, 4) is 0 Å². The lowest BCUT2D eigenvalue weighted by Crippen LogP contribution is -2.47. The number of amides is 2. The summed E-state index contributed by atoms with van der Waals surface area (Å²) in [6.45, 7) is 2.07. The maximum Gasteiger partial charge on any atom is 0.305 e. The monoisotopic (exact) mass is 364 g/mol. The van der Waals surface area contributed by atoms with Gasteiger partial charge in [0.2, 0.25) is 11.8 Å². The number of nitrogens with one attached hydrogen (secondary N) is 2. The minimum absolute atomic E-state index is 0.00938. The van der Waals surface area contributed by atoms with Crippen LogP contribution in [0.1, 0.15) is 44.6 Å². The molecule has 0 saturated heterocycles. The second-order valence-electron chi connectivity index (χ2n) is 6.81. The van der Waals surface area contributed by atoms with E-state index in [1.54, 1.807) is 12.1 Å². The van der Waals surface area contributed by atoms with Crippen molar-refractivity contribution in [2.24, 2.45) is 5.41 Å². The van der Waals surface area contributed by atoms with Gasteiger partial charge < -0.3 is 15.7 Å². The Hall–Kier alpha value is -2.08. The third-order valence-electron chi connectivity index (χ3n) is 5.36. The molecule has 0 spiro atoms. The van der Waals surface area contributed by atoms with Crippen LogP contribution in [-0.4, -0.2) is 29.4 Å². The van der Waals surface area contributed by atoms with E-state index in [-0.39, 0.29) is 18.9 Å². The summed E-state index contributed by atoms with van der Waals surface area (Å²) in [5.41, 5.74) is -0.115. The molecule has 2 aliphatic rings. The zero-order valence-corrected chi connectivity index (χ0v) is 14.8. The molecule has 1 fully saturated rings. The first-order chi connectivity index (χ1) is 11.9. The van der Waals surface area contributed by atoms with Crippen molar-refractivity contribution in [2.75, 3.05) is 11.9 Å². The van der Waals surface area contributed by atoms with Crippen LogP contribution in [-0.2, 0) is 19.8 Å². The van der Waals surface area contributed by atoms with Gasteiger partial charge in [-0.2, -0.15) is 0 Å². The first-order valence-corrected chi connectivity index (χ1v) is 8.87. The summed E-state index contributed by atoms with van der Waals surface area (Å²) in [5.74, 6) is -1.70. The zero-order valence-electron chi connectivity index (χ0n) is 14.0. The Morgan fingerprint density at radius 3 is 2.84 bits per heavy atom. The minimum Gasteiger partial charge on any atom is -0.481 e. The van der Waals surface area contributed by atoms with Gasteiger partial charge in [0, 0.05) is 22.7 Å². The van der Waals surface area contributed by atoms with Crippen LogP contribution in [0.25, 0.3) is 0 Å². The van der Waals surface area contributed by atoms with Gasteiger partial charge in [0.05, 0.1) is 6.42 Å². The number of benzene rings is 1. The van der Waals surface area contributed by atoms with Crippen LogP contribution >= 0.6 is 11.6 Å². The normalized spacial score (nSPS) is 26.2. The molecule has 7 heteroatoms. The molecule has 1 heterocycles. The fourth-order valence-corrected chi connectivity index (χ4v) is 4.20. The van der Waals surface area contributed by atoms with Crippen molar-refractivity contribution >= 4 is 35.1 Å². The van der Waals surface area contributed by atoms with E-state index in [2.05, 4.69) is 17.6 Å². The van der Waals surface area contributed by atoms with E-state index in [0.717, 1.165) is 24.8 Å². The predicted molar refractivity (Wildman–Crippen MR) is 93.6 cm³/mol. The molecule has 1 aliphatic carbocycles. The highest BCUT2D eigenvalue weighted by Crippen LogP contribution is 2.71. The summed E-state index contributed by atoms with van der Waals surface area (Å²) in [7, 11) is 0. The SMILES string of the molecule is CCCCC12CC1(C(=O)NCCC(=O)O)C(=O)Nc1ccc(Cl)cc12. The minimum atomic E-state index is -1.17. The Labute approximate surface area is 150 Å². The molecule has 2 unspecified atom stereocenters. The molecule has 2 amide bonds. The number of carbonyl (C=O) groups excluding carboxylic acids is 2. The van der Waals surface area contributed by atoms with E-state index >= 15 is 0 Å².